The summed E-state index contributed by atoms with van der Waals surface area (Å²) in [6, 6.07) is 10.3. The van der Waals surface area contributed by atoms with E-state index in [1.807, 2.05) is 19.1 Å². The maximum absolute atomic E-state index is 12.1. The standard InChI is InChI=1S/C15H12N2O5/c1-9-2-5-11(6-3-9)16-14(18)10-4-7-12(15(19)20)13(8-10)17(21)22/h2-8H,1H3,(H,16,18)(H,19,20). The van der Waals surface area contributed by atoms with Gasteiger partial charge >= 0.3 is 5.97 Å². The number of carboxylic acid groups (broad SMARTS) is 1. The molecule has 0 atom stereocenters. The van der Waals surface area contributed by atoms with E-state index in [2.05, 4.69) is 5.32 Å². The van der Waals surface area contributed by atoms with Crippen molar-refractivity contribution in [3.63, 3.8) is 0 Å². The second-order valence-corrected chi connectivity index (χ2v) is 4.61. The van der Waals surface area contributed by atoms with Crippen LogP contribution in [0.15, 0.2) is 42.5 Å². The Morgan fingerprint density at radius 1 is 1.14 bits per heavy atom. The lowest BCUT2D eigenvalue weighted by Gasteiger charge is -2.06. The normalized spacial score (nSPS) is 10.0. The van der Waals surface area contributed by atoms with Crippen LogP contribution in [-0.4, -0.2) is 21.9 Å². The molecule has 0 heterocycles. The van der Waals surface area contributed by atoms with Crippen molar-refractivity contribution in [3.8, 4) is 0 Å². The molecule has 1 amide bonds. The number of nitrogens with one attached hydrogen (secondary N) is 1. The molecule has 0 aliphatic rings. The molecule has 112 valence electrons. The summed E-state index contributed by atoms with van der Waals surface area (Å²) in [5.74, 6) is -1.97. The first kappa shape index (κ1) is 15.2. The van der Waals surface area contributed by atoms with Crippen LogP contribution < -0.4 is 5.32 Å². The van der Waals surface area contributed by atoms with Gasteiger partial charge in [-0.05, 0) is 31.2 Å². The SMILES string of the molecule is Cc1ccc(NC(=O)c2ccc(C(=O)O)c([N+](=O)[O-])c2)cc1. The average molecular weight is 300 g/mol. The maximum atomic E-state index is 12.1. The number of carbonyl (C=O) groups is 2. The van der Waals surface area contributed by atoms with Crippen LogP contribution >= 0.6 is 0 Å². The topological polar surface area (TPSA) is 110 Å². The number of nitro groups is 1. The molecule has 2 aromatic rings. The molecule has 2 N–H and O–H groups in total. The molecular formula is C15H12N2O5. The van der Waals surface area contributed by atoms with E-state index in [1.165, 1.54) is 6.07 Å². The number of anilines is 1. The summed E-state index contributed by atoms with van der Waals surface area (Å²) in [5.41, 5.74) is 0.498. The van der Waals surface area contributed by atoms with Gasteiger partial charge in [0.25, 0.3) is 11.6 Å². The van der Waals surface area contributed by atoms with Crippen molar-refractivity contribution < 1.29 is 19.6 Å². The molecule has 7 nitrogen and oxygen atoms in total. The average Bonchev–Trinajstić information content (AvgIpc) is 2.48. The lowest BCUT2D eigenvalue weighted by atomic mass is 10.1. The largest absolute Gasteiger partial charge is 0.477 e. The number of rotatable bonds is 4. The predicted molar refractivity (Wildman–Crippen MR) is 79.2 cm³/mol. The van der Waals surface area contributed by atoms with Gasteiger partial charge in [-0.3, -0.25) is 14.9 Å². The van der Waals surface area contributed by atoms with Gasteiger partial charge in [0.15, 0.2) is 0 Å². The summed E-state index contributed by atoms with van der Waals surface area (Å²) >= 11 is 0. The van der Waals surface area contributed by atoms with Gasteiger partial charge in [-0.1, -0.05) is 17.7 Å². The maximum Gasteiger partial charge on any atom is 0.342 e. The van der Waals surface area contributed by atoms with E-state index < -0.39 is 28.1 Å². The van der Waals surface area contributed by atoms with Crippen molar-refractivity contribution in [1.82, 2.24) is 0 Å². The zero-order valence-corrected chi connectivity index (χ0v) is 11.6. The molecule has 0 saturated heterocycles. The third kappa shape index (κ3) is 3.26. The minimum atomic E-state index is -1.42. The van der Waals surface area contributed by atoms with Crippen molar-refractivity contribution in [2.24, 2.45) is 0 Å². The Kier molecular flexibility index (Phi) is 4.17. The van der Waals surface area contributed by atoms with Crippen molar-refractivity contribution in [1.29, 1.82) is 0 Å². The van der Waals surface area contributed by atoms with Crippen LogP contribution in [0, 0.1) is 17.0 Å². The Bertz CT molecular complexity index is 753. The Morgan fingerprint density at radius 3 is 2.32 bits per heavy atom. The molecule has 0 aromatic heterocycles. The molecule has 2 rings (SSSR count). The number of aromatic carboxylic acids is 1. The van der Waals surface area contributed by atoms with Gasteiger partial charge in [0.05, 0.1) is 4.92 Å². The molecular weight excluding hydrogens is 288 g/mol. The third-order valence-electron chi connectivity index (χ3n) is 3.00. The van der Waals surface area contributed by atoms with E-state index >= 15 is 0 Å². The molecule has 0 aliphatic carbocycles. The summed E-state index contributed by atoms with van der Waals surface area (Å²) in [5, 5.41) is 22.4. The second-order valence-electron chi connectivity index (χ2n) is 4.61. The molecule has 0 radical (unpaired) electrons. The first-order valence-corrected chi connectivity index (χ1v) is 6.28. The fourth-order valence-corrected chi connectivity index (χ4v) is 1.84. The number of carboxylic acids is 1. The van der Waals surface area contributed by atoms with E-state index in [9.17, 15) is 19.7 Å². The van der Waals surface area contributed by atoms with Gasteiger partial charge < -0.3 is 10.4 Å². The monoisotopic (exact) mass is 300 g/mol. The number of carbonyl (C=O) groups excluding carboxylic acids is 1. The van der Waals surface area contributed by atoms with Crippen molar-refractivity contribution in [2.45, 2.75) is 6.92 Å². The number of hydrogen-bond acceptors (Lipinski definition) is 4. The molecule has 22 heavy (non-hydrogen) atoms. The van der Waals surface area contributed by atoms with E-state index in [1.54, 1.807) is 12.1 Å². The quantitative estimate of drug-likeness (QED) is 0.666. The highest BCUT2D eigenvalue weighted by atomic mass is 16.6. The highest BCUT2D eigenvalue weighted by Gasteiger charge is 2.22. The number of benzene rings is 2. The van der Waals surface area contributed by atoms with Crippen LogP contribution in [0.2, 0.25) is 0 Å². The summed E-state index contributed by atoms with van der Waals surface area (Å²) in [6.07, 6.45) is 0. The first-order chi connectivity index (χ1) is 10.4. The number of nitrogens with zero attached hydrogens (tertiary/aromatic N) is 1. The molecule has 0 fully saturated rings. The van der Waals surface area contributed by atoms with E-state index in [0.29, 0.717) is 5.69 Å². The van der Waals surface area contributed by atoms with Crippen LogP contribution in [0.5, 0.6) is 0 Å². The molecule has 0 aliphatic heterocycles. The van der Waals surface area contributed by atoms with Crippen molar-refractivity contribution >= 4 is 23.3 Å². The Labute approximate surface area is 125 Å². The highest BCUT2D eigenvalue weighted by molar-refractivity contribution is 6.05. The molecule has 2 aromatic carbocycles. The Morgan fingerprint density at radius 2 is 1.77 bits per heavy atom. The Balaban J connectivity index is 2.30. The van der Waals surface area contributed by atoms with E-state index in [0.717, 1.165) is 17.7 Å². The first-order valence-electron chi connectivity index (χ1n) is 6.28. The van der Waals surface area contributed by atoms with Gasteiger partial charge in [0.2, 0.25) is 0 Å². The summed E-state index contributed by atoms with van der Waals surface area (Å²) in [7, 11) is 0. The number of nitro benzene ring substituents is 1. The van der Waals surface area contributed by atoms with E-state index in [4.69, 9.17) is 5.11 Å². The lowest BCUT2D eigenvalue weighted by molar-refractivity contribution is -0.385. The lowest BCUT2D eigenvalue weighted by Crippen LogP contribution is -2.13. The Hall–Kier alpha value is -3.22. The minimum absolute atomic E-state index is 0.0114. The molecule has 0 unspecified atom stereocenters. The van der Waals surface area contributed by atoms with Gasteiger partial charge in [0, 0.05) is 17.3 Å². The molecule has 0 bridgehead atoms. The smallest absolute Gasteiger partial charge is 0.342 e. The molecule has 7 heteroatoms. The third-order valence-corrected chi connectivity index (χ3v) is 3.00. The van der Waals surface area contributed by atoms with Crippen molar-refractivity contribution in [3.05, 3.63) is 69.3 Å². The van der Waals surface area contributed by atoms with Crippen LogP contribution in [0.3, 0.4) is 0 Å². The van der Waals surface area contributed by atoms with Gasteiger partial charge in [-0.25, -0.2) is 4.79 Å². The number of aryl methyl sites for hydroxylation is 1. The molecule has 0 spiro atoms. The van der Waals surface area contributed by atoms with Gasteiger partial charge in [0.1, 0.15) is 5.56 Å². The zero-order valence-electron chi connectivity index (χ0n) is 11.6. The minimum Gasteiger partial charge on any atom is -0.477 e. The molecule has 0 saturated carbocycles. The van der Waals surface area contributed by atoms with Crippen LogP contribution in [0.4, 0.5) is 11.4 Å². The van der Waals surface area contributed by atoms with E-state index in [-0.39, 0.29) is 5.56 Å². The van der Waals surface area contributed by atoms with Crippen molar-refractivity contribution in [2.75, 3.05) is 5.32 Å². The zero-order chi connectivity index (χ0) is 16.3. The van der Waals surface area contributed by atoms with Crippen LogP contribution in [0.25, 0.3) is 0 Å². The number of amides is 1. The van der Waals surface area contributed by atoms with Crippen LogP contribution in [-0.2, 0) is 0 Å². The summed E-state index contributed by atoms with van der Waals surface area (Å²) in [4.78, 5) is 33.1. The predicted octanol–water partition coefficient (Wildman–Crippen LogP) is 2.85. The van der Waals surface area contributed by atoms with Gasteiger partial charge in [-0.2, -0.15) is 0 Å². The second kappa shape index (κ2) is 6.04. The number of hydrogen-bond donors (Lipinski definition) is 2. The fourth-order valence-electron chi connectivity index (χ4n) is 1.84. The fraction of sp³-hybridized carbons (Fsp3) is 0.0667. The summed E-state index contributed by atoms with van der Waals surface area (Å²) < 4.78 is 0. The highest BCUT2D eigenvalue weighted by Crippen LogP contribution is 2.21. The van der Waals surface area contributed by atoms with Gasteiger partial charge in [-0.15, -0.1) is 0 Å². The summed E-state index contributed by atoms with van der Waals surface area (Å²) in [6.45, 7) is 1.90. The van der Waals surface area contributed by atoms with Crippen LogP contribution in [0.1, 0.15) is 26.3 Å².